The van der Waals surface area contributed by atoms with E-state index in [1.807, 2.05) is 62.4 Å². The Labute approximate surface area is 142 Å². The zero-order chi connectivity index (χ0) is 17.1. The number of aryl methyl sites for hydroxylation is 2. The summed E-state index contributed by atoms with van der Waals surface area (Å²) in [5.41, 5.74) is 4.05. The third-order valence-corrected chi connectivity index (χ3v) is 4.44. The predicted molar refractivity (Wildman–Crippen MR) is 92.6 cm³/mol. The average molecular weight is 323 g/mol. The number of ether oxygens (including phenoxy) is 1. The van der Waals surface area contributed by atoms with Crippen molar-refractivity contribution in [3.63, 3.8) is 0 Å². The molecule has 1 heterocycles. The molecular weight excluding hydrogens is 302 g/mol. The van der Waals surface area contributed by atoms with Crippen LogP contribution in [0.3, 0.4) is 0 Å². The van der Waals surface area contributed by atoms with Gasteiger partial charge >= 0.3 is 5.97 Å². The summed E-state index contributed by atoms with van der Waals surface area (Å²) in [6, 6.07) is 15.6. The number of carbonyl (C=O) groups excluding carboxylic acids is 2. The first kappa shape index (κ1) is 16.2. The Balaban J connectivity index is 1.62. The van der Waals surface area contributed by atoms with Crippen molar-refractivity contribution in [3.8, 4) is 0 Å². The van der Waals surface area contributed by atoms with Crippen LogP contribution in [-0.4, -0.2) is 18.4 Å². The number of anilines is 1. The van der Waals surface area contributed by atoms with E-state index >= 15 is 0 Å². The van der Waals surface area contributed by atoms with Gasteiger partial charge in [-0.15, -0.1) is 0 Å². The van der Waals surface area contributed by atoms with E-state index in [-0.39, 0.29) is 24.9 Å². The summed E-state index contributed by atoms with van der Waals surface area (Å²) in [5.74, 6) is -0.735. The van der Waals surface area contributed by atoms with Crippen LogP contribution >= 0.6 is 0 Å². The first-order chi connectivity index (χ1) is 11.5. The molecule has 0 bridgehead atoms. The van der Waals surface area contributed by atoms with Crippen LogP contribution in [0.1, 0.15) is 23.1 Å². The molecule has 1 aliphatic heterocycles. The molecule has 3 rings (SSSR count). The molecule has 124 valence electrons. The van der Waals surface area contributed by atoms with Gasteiger partial charge in [-0.1, -0.05) is 42.0 Å². The molecule has 0 saturated carbocycles. The van der Waals surface area contributed by atoms with Gasteiger partial charge in [0.05, 0.1) is 5.92 Å². The molecule has 4 heteroatoms. The Hall–Kier alpha value is -2.62. The molecule has 4 nitrogen and oxygen atoms in total. The fourth-order valence-corrected chi connectivity index (χ4v) is 2.88. The standard InChI is InChI=1S/C20H21NO3/c1-14-7-9-18(10-8-14)21-12-17(11-19(21)22)20(23)24-13-16-6-4-3-5-15(16)2/h3-10,17H,11-13H2,1-2H3. The molecule has 2 aromatic rings. The fraction of sp³-hybridized carbons (Fsp3) is 0.300. The maximum atomic E-state index is 12.3. The van der Waals surface area contributed by atoms with Crippen LogP contribution in [0.25, 0.3) is 0 Å². The second-order valence-electron chi connectivity index (χ2n) is 6.28. The highest BCUT2D eigenvalue weighted by molar-refractivity contribution is 5.99. The quantitative estimate of drug-likeness (QED) is 0.810. The molecule has 1 unspecified atom stereocenters. The van der Waals surface area contributed by atoms with Crippen LogP contribution in [0.2, 0.25) is 0 Å². The van der Waals surface area contributed by atoms with E-state index in [1.165, 1.54) is 0 Å². The number of carbonyl (C=O) groups is 2. The van der Waals surface area contributed by atoms with Crippen LogP contribution in [0, 0.1) is 19.8 Å². The van der Waals surface area contributed by atoms with Crippen molar-refractivity contribution in [1.29, 1.82) is 0 Å². The second-order valence-corrected chi connectivity index (χ2v) is 6.28. The number of hydrogen-bond acceptors (Lipinski definition) is 3. The van der Waals surface area contributed by atoms with Gasteiger partial charge < -0.3 is 9.64 Å². The summed E-state index contributed by atoms with van der Waals surface area (Å²) in [6.07, 6.45) is 0.209. The van der Waals surface area contributed by atoms with Gasteiger partial charge in [0, 0.05) is 18.7 Å². The highest BCUT2D eigenvalue weighted by Gasteiger charge is 2.36. The monoisotopic (exact) mass is 323 g/mol. The highest BCUT2D eigenvalue weighted by Crippen LogP contribution is 2.26. The second kappa shape index (κ2) is 6.87. The minimum atomic E-state index is -0.400. The minimum Gasteiger partial charge on any atom is -0.461 e. The summed E-state index contributed by atoms with van der Waals surface area (Å²) in [4.78, 5) is 26.2. The van der Waals surface area contributed by atoms with E-state index in [1.54, 1.807) is 4.90 Å². The first-order valence-electron chi connectivity index (χ1n) is 8.13. The Morgan fingerprint density at radius 3 is 2.54 bits per heavy atom. The molecular formula is C20H21NO3. The molecule has 0 aromatic heterocycles. The Bertz CT molecular complexity index is 752. The Morgan fingerprint density at radius 1 is 1.12 bits per heavy atom. The van der Waals surface area contributed by atoms with Gasteiger partial charge in [-0.05, 0) is 37.1 Å². The molecule has 0 N–H and O–H groups in total. The largest absolute Gasteiger partial charge is 0.461 e. The Morgan fingerprint density at radius 2 is 1.83 bits per heavy atom. The first-order valence-corrected chi connectivity index (χ1v) is 8.13. The number of rotatable bonds is 4. The molecule has 1 atom stereocenters. The zero-order valence-corrected chi connectivity index (χ0v) is 14.0. The smallest absolute Gasteiger partial charge is 0.311 e. The van der Waals surface area contributed by atoms with Crippen LogP contribution in [0.4, 0.5) is 5.69 Å². The summed E-state index contributed by atoms with van der Waals surface area (Å²) < 4.78 is 5.43. The van der Waals surface area contributed by atoms with Crippen LogP contribution in [-0.2, 0) is 20.9 Å². The lowest BCUT2D eigenvalue weighted by atomic mass is 10.1. The average Bonchev–Trinajstić information content (AvgIpc) is 2.96. The van der Waals surface area contributed by atoms with Gasteiger partial charge in [0.25, 0.3) is 0 Å². The SMILES string of the molecule is Cc1ccc(N2CC(C(=O)OCc3ccccc3C)CC2=O)cc1. The molecule has 0 radical (unpaired) electrons. The molecule has 1 amide bonds. The van der Waals surface area contributed by atoms with Crippen LogP contribution in [0.15, 0.2) is 48.5 Å². The zero-order valence-electron chi connectivity index (χ0n) is 14.0. The van der Waals surface area contributed by atoms with E-state index in [4.69, 9.17) is 4.74 Å². The molecule has 2 aromatic carbocycles. The summed E-state index contributed by atoms with van der Waals surface area (Å²) in [6.45, 7) is 4.62. The van der Waals surface area contributed by atoms with Gasteiger partial charge in [0.2, 0.25) is 5.91 Å². The minimum absolute atomic E-state index is 0.0308. The third-order valence-electron chi connectivity index (χ3n) is 4.44. The molecule has 0 aliphatic carbocycles. The van der Waals surface area contributed by atoms with E-state index in [2.05, 4.69) is 0 Å². The maximum absolute atomic E-state index is 12.3. The van der Waals surface area contributed by atoms with Gasteiger partial charge in [0.15, 0.2) is 0 Å². The van der Waals surface area contributed by atoms with Crippen molar-refractivity contribution >= 4 is 17.6 Å². The van der Waals surface area contributed by atoms with E-state index < -0.39 is 5.92 Å². The maximum Gasteiger partial charge on any atom is 0.311 e. The van der Waals surface area contributed by atoms with Crippen LogP contribution < -0.4 is 4.90 Å². The van der Waals surface area contributed by atoms with Crippen molar-refractivity contribution in [3.05, 3.63) is 65.2 Å². The summed E-state index contributed by atoms with van der Waals surface area (Å²) in [7, 11) is 0. The Kier molecular flexibility index (Phi) is 4.65. The van der Waals surface area contributed by atoms with Gasteiger partial charge in [0.1, 0.15) is 6.61 Å². The summed E-state index contributed by atoms with van der Waals surface area (Å²) in [5, 5.41) is 0. The number of hydrogen-bond donors (Lipinski definition) is 0. The van der Waals surface area contributed by atoms with Crippen molar-refractivity contribution in [2.45, 2.75) is 26.9 Å². The molecule has 1 aliphatic rings. The number of amides is 1. The van der Waals surface area contributed by atoms with Crippen molar-refractivity contribution in [1.82, 2.24) is 0 Å². The van der Waals surface area contributed by atoms with Crippen molar-refractivity contribution < 1.29 is 14.3 Å². The van der Waals surface area contributed by atoms with E-state index in [0.29, 0.717) is 6.54 Å². The number of benzene rings is 2. The predicted octanol–water partition coefficient (Wildman–Crippen LogP) is 3.40. The lowest BCUT2D eigenvalue weighted by molar-refractivity contribution is -0.149. The highest BCUT2D eigenvalue weighted by atomic mass is 16.5. The van der Waals surface area contributed by atoms with Gasteiger partial charge in [-0.25, -0.2) is 0 Å². The molecule has 1 saturated heterocycles. The van der Waals surface area contributed by atoms with Gasteiger partial charge in [-0.2, -0.15) is 0 Å². The third kappa shape index (κ3) is 3.48. The van der Waals surface area contributed by atoms with Crippen LogP contribution in [0.5, 0.6) is 0 Å². The fourth-order valence-electron chi connectivity index (χ4n) is 2.88. The lowest BCUT2D eigenvalue weighted by Crippen LogP contribution is -2.26. The summed E-state index contributed by atoms with van der Waals surface area (Å²) >= 11 is 0. The van der Waals surface area contributed by atoms with Crippen molar-refractivity contribution in [2.75, 3.05) is 11.4 Å². The molecule has 24 heavy (non-hydrogen) atoms. The van der Waals surface area contributed by atoms with E-state index in [9.17, 15) is 9.59 Å². The number of esters is 1. The lowest BCUT2D eigenvalue weighted by Gasteiger charge is -2.16. The number of nitrogens with zero attached hydrogens (tertiary/aromatic N) is 1. The van der Waals surface area contributed by atoms with Crippen molar-refractivity contribution in [2.24, 2.45) is 5.92 Å². The molecule has 0 spiro atoms. The van der Waals surface area contributed by atoms with Gasteiger partial charge in [-0.3, -0.25) is 9.59 Å². The molecule has 1 fully saturated rings. The van der Waals surface area contributed by atoms with E-state index in [0.717, 1.165) is 22.4 Å². The normalized spacial score (nSPS) is 17.2. The topological polar surface area (TPSA) is 46.6 Å².